The van der Waals surface area contributed by atoms with E-state index < -0.39 is 5.69 Å². The van der Waals surface area contributed by atoms with E-state index in [4.69, 9.17) is 0 Å². The maximum Gasteiger partial charge on any atom is 0.350 e. The maximum absolute atomic E-state index is 12.7. The number of hydrogen-bond donors (Lipinski definition) is 2. The molecular formula is C23H24N4O3. The Bertz CT molecular complexity index is 1160. The van der Waals surface area contributed by atoms with Gasteiger partial charge >= 0.3 is 5.69 Å². The van der Waals surface area contributed by atoms with Crippen LogP contribution in [0, 0.1) is 0 Å². The van der Waals surface area contributed by atoms with Crippen molar-refractivity contribution in [3.8, 4) is 0 Å². The summed E-state index contributed by atoms with van der Waals surface area (Å²) < 4.78 is 1.37. The Morgan fingerprint density at radius 3 is 2.63 bits per heavy atom. The number of fused-ring (bicyclic) bond motifs is 1. The average molecular weight is 404 g/mol. The van der Waals surface area contributed by atoms with Crippen LogP contribution in [0.25, 0.3) is 10.9 Å². The highest BCUT2D eigenvalue weighted by Gasteiger charge is 2.18. The molecule has 1 aliphatic carbocycles. The lowest BCUT2D eigenvalue weighted by Crippen LogP contribution is -2.31. The number of anilines is 2. The minimum absolute atomic E-state index is 0.0807. The van der Waals surface area contributed by atoms with Gasteiger partial charge in [0.1, 0.15) is 12.4 Å². The van der Waals surface area contributed by atoms with E-state index in [2.05, 4.69) is 15.6 Å². The third kappa shape index (κ3) is 4.25. The number of amides is 1. The van der Waals surface area contributed by atoms with E-state index in [9.17, 15) is 14.4 Å². The van der Waals surface area contributed by atoms with Crippen LogP contribution < -0.4 is 16.3 Å². The van der Waals surface area contributed by atoms with Gasteiger partial charge in [0.2, 0.25) is 5.91 Å². The van der Waals surface area contributed by atoms with Gasteiger partial charge in [0.05, 0.1) is 5.52 Å². The summed E-state index contributed by atoms with van der Waals surface area (Å²) in [6, 6.07) is 14.5. The van der Waals surface area contributed by atoms with Crippen LogP contribution in [0.3, 0.4) is 0 Å². The number of carbonyl (C=O) groups excluding carboxylic acids is 2. The third-order valence-electron chi connectivity index (χ3n) is 5.44. The number of aromatic nitrogens is 2. The van der Waals surface area contributed by atoms with Crippen molar-refractivity contribution in [1.82, 2.24) is 9.55 Å². The van der Waals surface area contributed by atoms with Gasteiger partial charge in [-0.1, -0.05) is 37.1 Å². The van der Waals surface area contributed by atoms with Crippen LogP contribution in [0.15, 0.2) is 53.3 Å². The van der Waals surface area contributed by atoms with Gasteiger partial charge in [0.25, 0.3) is 0 Å². The van der Waals surface area contributed by atoms with Gasteiger partial charge in [-0.2, -0.15) is 4.98 Å². The highest BCUT2D eigenvalue weighted by atomic mass is 16.2. The first-order valence-electron chi connectivity index (χ1n) is 10.2. The quantitative estimate of drug-likeness (QED) is 0.613. The number of ketones is 1. The van der Waals surface area contributed by atoms with Crippen molar-refractivity contribution in [2.24, 2.45) is 0 Å². The summed E-state index contributed by atoms with van der Waals surface area (Å²) in [6.07, 6.45) is 4.50. The van der Waals surface area contributed by atoms with Crippen molar-refractivity contribution in [2.45, 2.75) is 45.2 Å². The summed E-state index contributed by atoms with van der Waals surface area (Å²) in [5.74, 6) is 0.137. The summed E-state index contributed by atoms with van der Waals surface area (Å²) in [4.78, 5) is 41.2. The molecule has 1 aliphatic rings. The van der Waals surface area contributed by atoms with E-state index >= 15 is 0 Å². The Hall–Kier alpha value is -3.48. The van der Waals surface area contributed by atoms with Crippen molar-refractivity contribution >= 4 is 34.1 Å². The molecule has 0 saturated heterocycles. The van der Waals surface area contributed by atoms with Crippen molar-refractivity contribution in [2.75, 3.05) is 10.6 Å². The van der Waals surface area contributed by atoms with Gasteiger partial charge in [-0.3, -0.25) is 14.2 Å². The summed E-state index contributed by atoms with van der Waals surface area (Å²) in [7, 11) is 0. The molecule has 1 fully saturated rings. The second kappa shape index (κ2) is 8.49. The van der Waals surface area contributed by atoms with Gasteiger partial charge in [0.15, 0.2) is 5.78 Å². The summed E-state index contributed by atoms with van der Waals surface area (Å²) >= 11 is 0. The Labute approximate surface area is 174 Å². The van der Waals surface area contributed by atoms with Crippen molar-refractivity contribution in [3.05, 3.63) is 64.6 Å². The second-order valence-electron chi connectivity index (χ2n) is 7.66. The Balaban J connectivity index is 1.60. The number of nitrogens with one attached hydrogen (secondary N) is 2. The number of benzene rings is 2. The summed E-state index contributed by atoms with van der Waals surface area (Å²) in [6.45, 7) is 1.31. The fourth-order valence-corrected chi connectivity index (χ4v) is 3.91. The zero-order chi connectivity index (χ0) is 21.1. The minimum atomic E-state index is -0.471. The molecule has 30 heavy (non-hydrogen) atoms. The number of rotatable bonds is 6. The monoisotopic (exact) mass is 404 g/mol. The van der Waals surface area contributed by atoms with Crippen LogP contribution in [-0.2, 0) is 11.3 Å². The van der Waals surface area contributed by atoms with Crippen molar-refractivity contribution < 1.29 is 9.59 Å². The van der Waals surface area contributed by atoms with E-state index in [1.807, 2.05) is 24.3 Å². The first-order valence-corrected chi connectivity index (χ1v) is 10.2. The molecule has 0 bridgehead atoms. The van der Waals surface area contributed by atoms with Crippen LogP contribution >= 0.6 is 0 Å². The van der Waals surface area contributed by atoms with Gasteiger partial charge in [-0.15, -0.1) is 0 Å². The SMILES string of the molecule is CC(=O)c1cccc(NC(=O)Cn2c(=O)nc(NC3CCCC3)c3ccccc32)c1. The van der Waals surface area contributed by atoms with E-state index in [1.165, 1.54) is 24.3 Å². The smallest absolute Gasteiger partial charge is 0.350 e. The van der Waals surface area contributed by atoms with E-state index in [0.717, 1.165) is 18.2 Å². The molecule has 0 atom stereocenters. The topological polar surface area (TPSA) is 93.1 Å². The highest BCUT2D eigenvalue weighted by Crippen LogP contribution is 2.25. The maximum atomic E-state index is 12.7. The number of hydrogen-bond acceptors (Lipinski definition) is 5. The lowest BCUT2D eigenvalue weighted by atomic mass is 10.1. The third-order valence-corrected chi connectivity index (χ3v) is 5.44. The van der Waals surface area contributed by atoms with Crippen molar-refractivity contribution in [1.29, 1.82) is 0 Å². The van der Waals surface area contributed by atoms with Gasteiger partial charge in [-0.25, -0.2) is 4.79 Å². The highest BCUT2D eigenvalue weighted by molar-refractivity contribution is 5.97. The lowest BCUT2D eigenvalue weighted by molar-refractivity contribution is -0.116. The molecule has 4 rings (SSSR count). The Kier molecular flexibility index (Phi) is 5.61. The standard InChI is InChI=1S/C23H24N4O3/c1-15(28)16-7-6-10-18(13-16)24-21(29)14-27-20-12-5-4-11-19(20)22(26-23(27)30)25-17-8-2-3-9-17/h4-7,10-13,17H,2-3,8-9,14H2,1H3,(H,24,29)(H,25,26,30). The molecule has 0 unspecified atom stereocenters. The van der Waals surface area contributed by atoms with Gasteiger partial charge < -0.3 is 10.6 Å². The molecular weight excluding hydrogens is 380 g/mol. The van der Waals surface area contributed by atoms with Crippen LogP contribution in [0.1, 0.15) is 43.0 Å². The molecule has 1 saturated carbocycles. The molecule has 1 amide bonds. The molecule has 3 aromatic rings. The number of para-hydroxylation sites is 1. The van der Waals surface area contributed by atoms with Crippen LogP contribution in [0.2, 0.25) is 0 Å². The minimum Gasteiger partial charge on any atom is -0.367 e. The zero-order valence-electron chi connectivity index (χ0n) is 16.9. The molecule has 0 spiro atoms. The molecule has 154 valence electrons. The number of Topliss-reactive ketones (excluding diaryl/α,β-unsaturated/α-hetero) is 1. The molecule has 2 aromatic carbocycles. The number of carbonyl (C=O) groups is 2. The summed E-state index contributed by atoms with van der Waals surface area (Å²) in [5, 5.41) is 6.98. The van der Waals surface area contributed by atoms with Crippen molar-refractivity contribution in [3.63, 3.8) is 0 Å². The van der Waals surface area contributed by atoms with Crippen LogP contribution in [0.5, 0.6) is 0 Å². The molecule has 1 heterocycles. The second-order valence-corrected chi connectivity index (χ2v) is 7.66. The van der Waals surface area contributed by atoms with Crippen LogP contribution in [-0.4, -0.2) is 27.3 Å². The molecule has 1 aromatic heterocycles. The Morgan fingerprint density at radius 2 is 1.87 bits per heavy atom. The first-order chi connectivity index (χ1) is 14.5. The lowest BCUT2D eigenvalue weighted by Gasteiger charge is -2.17. The van der Waals surface area contributed by atoms with Gasteiger partial charge in [0, 0.05) is 22.7 Å². The fourth-order valence-electron chi connectivity index (χ4n) is 3.91. The van der Waals surface area contributed by atoms with Gasteiger partial charge in [-0.05, 0) is 44.0 Å². The predicted octanol–water partition coefficient (Wildman–Crippen LogP) is 3.59. The normalized spacial score (nSPS) is 14.0. The average Bonchev–Trinajstić information content (AvgIpc) is 3.24. The van der Waals surface area contributed by atoms with E-state index in [-0.39, 0.29) is 18.2 Å². The molecule has 7 heteroatoms. The molecule has 0 aliphatic heterocycles. The van der Waals surface area contributed by atoms with E-state index in [1.54, 1.807) is 24.3 Å². The van der Waals surface area contributed by atoms with Crippen LogP contribution in [0.4, 0.5) is 11.5 Å². The first kappa shape index (κ1) is 19.8. The Morgan fingerprint density at radius 1 is 1.10 bits per heavy atom. The largest absolute Gasteiger partial charge is 0.367 e. The predicted molar refractivity (Wildman–Crippen MR) is 117 cm³/mol. The zero-order valence-corrected chi connectivity index (χ0v) is 16.9. The number of nitrogens with zero attached hydrogens (tertiary/aromatic N) is 2. The van der Waals surface area contributed by atoms with E-state index in [0.29, 0.717) is 28.6 Å². The molecule has 2 N–H and O–H groups in total. The summed E-state index contributed by atoms with van der Waals surface area (Å²) in [5.41, 5.74) is 1.21. The molecule has 0 radical (unpaired) electrons. The fraction of sp³-hybridized carbons (Fsp3) is 0.304. The molecule has 7 nitrogen and oxygen atoms in total.